The summed E-state index contributed by atoms with van der Waals surface area (Å²) in [6, 6.07) is 7.39. The lowest BCUT2D eigenvalue weighted by atomic mass is 10.1. The minimum absolute atomic E-state index is 0.160. The molecule has 1 N–H and O–H groups in total. The Morgan fingerprint density at radius 3 is 3.00 bits per heavy atom. The first-order chi connectivity index (χ1) is 5.38. The summed E-state index contributed by atoms with van der Waals surface area (Å²) in [6.07, 6.45) is 0. The fraction of sp³-hybridized carbons (Fsp3) is 0.125. The van der Waals surface area contributed by atoms with Crippen LogP contribution in [0.25, 0.3) is 0 Å². The molecule has 0 saturated heterocycles. The van der Waals surface area contributed by atoms with Gasteiger partial charge < -0.3 is 0 Å². The maximum atomic E-state index is 11.0. The molecular formula is C8H7NO2. The van der Waals surface area contributed by atoms with Crippen molar-refractivity contribution in [2.75, 3.05) is 0 Å². The largest absolute Gasteiger partial charge is 0.275 e. The molecule has 3 nitrogen and oxygen atoms in total. The van der Waals surface area contributed by atoms with Crippen molar-refractivity contribution in [3.63, 3.8) is 0 Å². The molecule has 0 aromatic heterocycles. The van der Waals surface area contributed by atoms with Crippen LogP contribution in [0.3, 0.4) is 0 Å². The average molecular weight is 149 g/mol. The number of amides is 1. The Morgan fingerprint density at radius 2 is 2.18 bits per heavy atom. The average Bonchev–Trinajstić information content (AvgIpc) is 2.06. The lowest BCUT2D eigenvalue weighted by Gasteiger charge is -2.14. The maximum Gasteiger partial charge on any atom is 0.275 e. The van der Waals surface area contributed by atoms with E-state index >= 15 is 0 Å². The normalized spacial score (nSPS) is 15.5. The van der Waals surface area contributed by atoms with Crippen LogP contribution in [0, 0.1) is 0 Å². The summed E-state index contributed by atoms with van der Waals surface area (Å²) in [4.78, 5) is 15.9. The molecule has 0 fully saturated rings. The van der Waals surface area contributed by atoms with Crippen LogP contribution >= 0.6 is 0 Å². The van der Waals surface area contributed by atoms with E-state index in [1.165, 1.54) is 0 Å². The molecule has 2 rings (SSSR count). The van der Waals surface area contributed by atoms with E-state index in [9.17, 15) is 4.79 Å². The molecule has 0 saturated carbocycles. The second-order valence-corrected chi connectivity index (χ2v) is 2.38. The lowest BCUT2D eigenvalue weighted by molar-refractivity contribution is 0.0154. The van der Waals surface area contributed by atoms with Crippen molar-refractivity contribution in [1.82, 2.24) is 5.48 Å². The van der Waals surface area contributed by atoms with Crippen molar-refractivity contribution >= 4 is 5.91 Å². The van der Waals surface area contributed by atoms with Crippen LogP contribution in [-0.2, 0) is 11.4 Å². The number of benzene rings is 1. The zero-order valence-electron chi connectivity index (χ0n) is 5.83. The molecule has 0 radical (unpaired) electrons. The Morgan fingerprint density at radius 1 is 1.36 bits per heavy atom. The third-order valence-electron chi connectivity index (χ3n) is 1.65. The van der Waals surface area contributed by atoms with Gasteiger partial charge in [-0.1, -0.05) is 18.2 Å². The highest BCUT2D eigenvalue weighted by atomic mass is 16.7. The molecule has 11 heavy (non-hydrogen) atoms. The van der Waals surface area contributed by atoms with Gasteiger partial charge in [0.15, 0.2) is 0 Å². The summed E-state index contributed by atoms with van der Waals surface area (Å²) < 4.78 is 0. The fourth-order valence-corrected chi connectivity index (χ4v) is 1.10. The van der Waals surface area contributed by atoms with E-state index in [-0.39, 0.29) is 5.91 Å². The number of hydroxylamine groups is 1. The Hall–Kier alpha value is -1.35. The van der Waals surface area contributed by atoms with E-state index in [1.807, 2.05) is 18.2 Å². The summed E-state index contributed by atoms with van der Waals surface area (Å²) >= 11 is 0. The van der Waals surface area contributed by atoms with Gasteiger partial charge in [0.05, 0.1) is 0 Å². The number of carbonyl (C=O) groups excluding carboxylic acids is 1. The van der Waals surface area contributed by atoms with Gasteiger partial charge in [0.2, 0.25) is 0 Å². The highest BCUT2D eigenvalue weighted by molar-refractivity contribution is 5.95. The molecule has 0 unspecified atom stereocenters. The van der Waals surface area contributed by atoms with Crippen LogP contribution in [-0.4, -0.2) is 5.91 Å². The number of carbonyl (C=O) groups is 1. The minimum Gasteiger partial charge on any atom is -0.269 e. The highest BCUT2D eigenvalue weighted by Gasteiger charge is 2.15. The van der Waals surface area contributed by atoms with Crippen molar-refractivity contribution in [1.29, 1.82) is 0 Å². The molecule has 1 amide bonds. The van der Waals surface area contributed by atoms with Gasteiger partial charge in [0.25, 0.3) is 5.91 Å². The van der Waals surface area contributed by atoms with Crippen molar-refractivity contribution in [2.24, 2.45) is 0 Å². The molecule has 56 valence electrons. The van der Waals surface area contributed by atoms with Gasteiger partial charge in [-0.15, -0.1) is 0 Å². The standard InChI is InChI=1S/C8H7NO2/c10-8-7-4-2-1-3-6(7)5-11-9-8/h1-4H,5H2,(H,9,10). The van der Waals surface area contributed by atoms with Gasteiger partial charge in [0, 0.05) is 5.56 Å². The predicted octanol–water partition coefficient (Wildman–Crippen LogP) is 0.862. The van der Waals surface area contributed by atoms with Gasteiger partial charge >= 0.3 is 0 Å². The molecule has 3 heteroatoms. The Kier molecular flexibility index (Phi) is 1.36. The molecule has 0 spiro atoms. The predicted molar refractivity (Wildman–Crippen MR) is 38.7 cm³/mol. The van der Waals surface area contributed by atoms with E-state index in [0.717, 1.165) is 5.56 Å². The number of hydrogen-bond acceptors (Lipinski definition) is 2. The molecule has 1 aromatic rings. The van der Waals surface area contributed by atoms with Crippen molar-refractivity contribution in [2.45, 2.75) is 6.61 Å². The first-order valence-corrected chi connectivity index (χ1v) is 3.38. The van der Waals surface area contributed by atoms with E-state index in [0.29, 0.717) is 12.2 Å². The van der Waals surface area contributed by atoms with Gasteiger partial charge in [0.1, 0.15) is 6.61 Å². The molecule has 0 bridgehead atoms. The molecule has 1 aliphatic rings. The smallest absolute Gasteiger partial charge is 0.269 e. The summed E-state index contributed by atoms with van der Waals surface area (Å²) in [5, 5.41) is 0. The third-order valence-corrected chi connectivity index (χ3v) is 1.65. The van der Waals surface area contributed by atoms with Crippen molar-refractivity contribution in [3.05, 3.63) is 35.4 Å². The van der Waals surface area contributed by atoms with E-state index < -0.39 is 0 Å². The maximum absolute atomic E-state index is 11.0. The second-order valence-electron chi connectivity index (χ2n) is 2.38. The third kappa shape index (κ3) is 0.991. The molecule has 1 heterocycles. The monoisotopic (exact) mass is 149 g/mol. The summed E-state index contributed by atoms with van der Waals surface area (Å²) in [6.45, 7) is 0.460. The second kappa shape index (κ2) is 2.36. The van der Waals surface area contributed by atoms with Crippen LogP contribution < -0.4 is 5.48 Å². The van der Waals surface area contributed by atoms with E-state index in [2.05, 4.69) is 5.48 Å². The summed E-state index contributed by atoms with van der Waals surface area (Å²) in [7, 11) is 0. The minimum atomic E-state index is -0.160. The Balaban J connectivity index is 2.52. The zero-order chi connectivity index (χ0) is 7.68. The van der Waals surface area contributed by atoms with Gasteiger partial charge in [-0.2, -0.15) is 0 Å². The van der Waals surface area contributed by atoms with Crippen LogP contribution in [0.4, 0.5) is 0 Å². The first-order valence-electron chi connectivity index (χ1n) is 3.38. The van der Waals surface area contributed by atoms with Gasteiger partial charge in [-0.3, -0.25) is 9.63 Å². The molecule has 0 aliphatic carbocycles. The van der Waals surface area contributed by atoms with Crippen molar-refractivity contribution in [3.8, 4) is 0 Å². The first kappa shape index (κ1) is 6.37. The fourth-order valence-electron chi connectivity index (χ4n) is 1.10. The topological polar surface area (TPSA) is 38.3 Å². The zero-order valence-corrected chi connectivity index (χ0v) is 5.83. The SMILES string of the molecule is O=C1NOCc2ccccc21. The van der Waals surface area contributed by atoms with Crippen LogP contribution in [0.5, 0.6) is 0 Å². The Labute approximate surface area is 63.9 Å². The van der Waals surface area contributed by atoms with Crippen LogP contribution in [0.15, 0.2) is 24.3 Å². The van der Waals surface area contributed by atoms with Gasteiger partial charge in [-0.25, -0.2) is 5.48 Å². The van der Waals surface area contributed by atoms with Crippen molar-refractivity contribution < 1.29 is 9.63 Å². The highest BCUT2D eigenvalue weighted by Crippen LogP contribution is 2.12. The van der Waals surface area contributed by atoms with Crippen LogP contribution in [0.1, 0.15) is 15.9 Å². The number of fused-ring (bicyclic) bond motifs is 1. The van der Waals surface area contributed by atoms with Gasteiger partial charge in [-0.05, 0) is 11.6 Å². The number of hydrogen-bond donors (Lipinski definition) is 1. The Bertz CT molecular complexity index is 296. The van der Waals surface area contributed by atoms with E-state index in [1.54, 1.807) is 6.07 Å². The van der Waals surface area contributed by atoms with E-state index in [4.69, 9.17) is 4.84 Å². The number of nitrogens with one attached hydrogen (secondary N) is 1. The number of rotatable bonds is 0. The molecule has 0 atom stereocenters. The summed E-state index contributed by atoms with van der Waals surface area (Å²) in [5.41, 5.74) is 3.95. The summed E-state index contributed by atoms with van der Waals surface area (Å²) in [5.74, 6) is -0.160. The van der Waals surface area contributed by atoms with Crippen LogP contribution in [0.2, 0.25) is 0 Å². The quantitative estimate of drug-likeness (QED) is 0.594. The lowest BCUT2D eigenvalue weighted by Crippen LogP contribution is -2.29. The molecular weight excluding hydrogens is 142 g/mol. The molecule has 1 aliphatic heterocycles. The molecule has 1 aromatic carbocycles.